The van der Waals surface area contributed by atoms with E-state index in [9.17, 15) is 13.5 Å². The Morgan fingerprint density at radius 3 is 2.95 bits per heavy atom. The van der Waals surface area contributed by atoms with Crippen molar-refractivity contribution in [2.45, 2.75) is 37.2 Å². The number of aryl methyl sites for hydroxylation is 1. The van der Waals surface area contributed by atoms with Crippen LogP contribution in [0.15, 0.2) is 23.1 Å². The van der Waals surface area contributed by atoms with Crippen LogP contribution in [0.5, 0.6) is 0 Å². The SMILES string of the molecule is CC1CCN(S(=O)(=O)c2ccc3c(c2)CCCN3)CC1O. The minimum atomic E-state index is -3.51. The Morgan fingerprint density at radius 2 is 2.19 bits per heavy atom. The van der Waals surface area contributed by atoms with Crippen LogP contribution < -0.4 is 5.32 Å². The molecule has 2 unspecified atom stereocenters. The summed E-state index contributed by atoms with van der Waals surface area (Å²) >= 11 is 0. The van der Waals surface area contributed by atoms with E-state index in [0.29, 0.717) is 17.9 Å². The smallest absolute Gasteiger partial charge is 0.243 e. The summed E-state index contributed by atoms with van der Waals surface area (Å²) in [5.74, 6) is 0.157. The van der Waals surface area contributed by atoms with Gasteiger partial charge in [0.25, 0.3) is 0 Å². The molecule has 5 nitrogen and oxygen atoms in total. The van der Waals surface area contributed by atoms with Crippen molar-refractivity contribution >= 4 is 15.7 Å². The Hall–Kier alpha value is -1.11. The lowest BCUT2D eigenvalue weighted by molar-refractivity contribution is 0.0605. The van der Waals surface area contributed by atoms with Crippen molar-refractivity contribution in [3.05, 3.63) is 23.8 Å². The highest BCUT2D eigenvalue weighted by Crippen LogP contribution is 2.28. The first kappa shape index (κ1) is 14.8. The van der Waals surface area contributed by atoms with E-state index < -0.39 is 16.1 Å². The fraction of sp³-hybridized carbons (Fsp3) is 0.600. The average molecular weight is 310 g/mol. The van der Waals surface area contributed by atoms with E-state index in [0.717, 1.165) is 30.6 Å². The van der Waals surface area contributed by atoms with Gasteiger partial charge in [-0.2, -0.15) is 4.31 Å². The van der Waals surface area contributed by atoms with Crippen molar-refractivity contribution in [3.63, 3.8) is 0 Å². The molecule has 2 N–H and O–H groups in total. The van der Waals surface area contributed by atoms with Gasteiger partial charge in [0.05, 0.1) is 11.0 Å². The molecular formula is C15H22N2O3S. The summed E-state index contributed by atoms with van der Waals surface area (Å²) in [7, 11) is -3.51. The van der Waals surface area contributed by atoms with E-state index in [4.69, 9.17) is 0 Å². The molecule has 2 aliphatic heterocycles. The second-order valence-electron chi connectivity index (χ2n) is 6.05. The molecule has 0 bridgehead atoms. The Labute approximate surface area is 126 Å². The van der Waals surface area contributed by atoms with Crippen molar-refractivity contribution in [2.75, 3.05) is 25.0 Å². The zero-order valence-electron chi connectivity index (χ0n) is 12.2. The molecule has 2 aliphatic rings. The molecule has 21 heavy (non-hydrogen) atoms. The third-order valence-corrected chi connectivity index (χ3v) is 6.40. The van der Waals surface area contributed by atoms with Crippen LogP contribution >= 0.6 is 0 Å². The summed E-state index contributed by atoms with van der Waals surface area (Å²) in [4.78, 5) is 0.340. The number of nitrogens with zero attached hydrogens (tertiary/aromatic N) is 1. The largest absolute Gasteiger partial charge is 0.391 e. The predicted molar refractivity (Wildman–Crippen MR) is 81.8 cm³/mol. The Balaban J connectivity index is 1.88. The normalized spacial score (nSPS) is 27.0. The molecule has 1 aromatic carbocycles. The molecule has 0 aromatic heterocycles. The van der Waals surface area contributed by atoms with Crippen molar-refractivity contribution in [1.82, 2.24) is 4.31 Å². The number of β-amino-alcohol motifs (C(OH)–C–C–N with tert-alkyl or cyclic N) is 1. The number of hydrogen-bond acceptors (Lipinski definition) is 4. The van der Waals surface area contributed by atoms with Gasteiger partial charge in [-0.15, -0.1) is 0 Å². The first-order chi connectivity index (χ1) is 9.98. The van der Waals surface area contributed by atoms with Crippen molar-refractivity contribution in [1.29, 1.82) is 0 Å². The van der Waals surface area contributed by atoms with Crippen LogP contribution in [-0.2, 0) is 16.4 Å². The van der Waals surface area contributed by atoms with Crippen LogP contribution in [0, 0.1) is 5.92 Å². The number of aliphatic hydroxyl groups is 1. The summed E-state index contributed by atoms with van der Waals surface area (Å²) in [5, 5.41) is 13.2. The number of piperidine rings is 1. The van der Waals surface area contributed by atoms with Gasteiger partial charge in [-0.3, -0.25) is 0 Å². The number of fused-ring (bicyclic) bond motifs is 1. The topological polar surface area (TPSA) is 69.6 Å². The number of sulfonamides is 1. The number of benzene rings is 1. The van der Waals surface area contributed by atoms with Gasteiger partial charge in [0.1, 0.15) is 0 Å². The summed E-state index contributed by atoms with van der Waals surface area (Å²) in [6, 6.07) is 5.29. The average Bonchev–Trinajstić information content (AvgIpc) is 2.49. The van der Waals surface area contributed by atoms with Crippen LogP contribution in [0.1, 0.15) is 25.3 Å². The fourth-order valence-corrected chi connectivity index (χ4v) is 4.52. The van der Waals surface area contributed by atoms with Gasteiger partial charge in [0.2, 0.25) is 10.0 Å². The molecule has 0 saturated carbocycles. The Morgan fingerprint density at radius 1 is 1.38 bits per heavy atom. The van der Waals surface area contributed by atoms with Gasteiger partial charge in [-0.05, 0) is 48.9 Å². The molecule has 0 spiro atoms. The maximum atomic E-state index is 12.7. The van der Waals surface area contributed by atoms with Gasteiger partial charge < -0.3 is 10.4 Å². The molecule has 2 atom stereocenters. The fourth-order valence-electron chi connectivity index (χ4n) is 3.00. The lowest BCUT2D eigenvalue weighted by Crippen LogP contribution is -2.45. The van der Waals surface area contributed by atoms with Crippen molar-refractivity contribution in [2.24, 2.45) is 5.92 Å². The maximum absolute atomic E-state index is 12.7. The first-order valence-electron chi connectivity index (χ1n) is 7.53. The summed E-state index contributed by atoms with van der Waals surface area (Å²) < 4.78 is 26.9. The van der Waals surface area contributed by atoms with Gasteiger partial charge in [-0.25, -0.2) is 8.42 Å². The Bertz CT molecular complexity index is 630. The molecular weight excluding hydrogens is 288 g/mol. The van der Waals surface area contributed by atoms with E-state index in [1.807, 2.05) is 13.0 Å². The second kappa shape index (κ2) is 5.59. The van der Waals surface area contributed by atoms with Crippen molar-refractivity contribution < 1.29 is 13.5 Å². The third-order valence-electron chi connectivity index (χ3n) is 4.53. The highest BCUT2D eigenvalue weighted by molar-refractivity contribution is 7.89. The molecule has 2 heterocycles. The second-order valence-corrected chi connectivity index (χ2v) is 7.98. The number of anilines is 1. The number of nitrogens with one attached hydrogen (secondary N) is 1. The van der Waals surface area contributed by atoms with Gasteiger partial charge in [-0.1, -0.05) is 6.92 Å². The minimum absolute atomic E-state index is 0.157. The first-order valence-corrected chi connectivity index (χ1v) is 8.97. The molecule has 3 rings (SSSR count). The Kier molecular flexibility index (Phi) is 3.94. The lowest BCUT2D eigenvalue weighted by Gasteiger charge is -2.33. The molecule has 6 heteroatoms. The summed E-state index contributed by atoms with van der Waals surface area (Å²) in [6.07, 6.45) is 2.06. The molecule has 0 aliphatic carbocycles. The number of rotatable bonds is 2. The van der Waals surface area contributed by atoms with E-state index in [-0.39, 0.29) is 12.5 Å². The van der Waals surface area contributed by atoms with Crippen molar-refractivity contribution in [3.8, 4) is 0 Å². The van der Waals surface area contributed by atoms with Crippen LogP contribution in [0.4, 0.5) is 5.69 Å². The van der Waals surface area contributed by atoms with E-state index in [1.54, 1.807) is 12.1 Å². The molecule has 1 saturated heterocycles. The predicted octanol–water partition coefficient (Wildman–Crippen LogP) is 1.44. The van der Waals surface area contributed by atoms with Crippen LogP contribution in [-0.4, -0.2) is 43.6 Å². The van der Waals surface area contributed by atoms with Gasteiger partial charge in [0, 0.05) is 25.3 Å². The molecule has 1 aromatic rings. The minimum Gasteiger partial charge on any atom is -0.391 e. The molecule has 1 fully saturated rings. The van der Waals surface area contributed by atoms with Crippen LogP contribution in [0.25, 0.3) is 0 Å². The van der Waals surface area contributed by atoms with Gasteiger partial charge >= 0.3 is 0 Å². The highest BCUT2D eigenvalue weighted by Gasteiger charge is 2.33. The molecule has 0 radical (unpaired) electrons. The van der Waals surface area contributed by atoms with Crippen LogP contribution in [0.2, 0.25) is 0 Å². The van der Waals surface area contributed by atoms with Crippen LogP contribution in [0.3, 0.4) is 0 Å². The zero-order chi connectivity index (χ0) is 15.0. The maximum Gasteiger partial charge on any atom is 0.243 e. The molecule has 116 valence electrons. The highest BCUT2D eigenvalue weighted by atomic mass is 32.2. The number of hydrogen-bond donors (Lipinski definition) is 2. The standard InChI is InChI=1S/C15H22N2O3S/c1-11-6-8-17(10-15(11)18)21(19,20)13-4-5-14-12(9-13)3-2-7-16-14/h4-5,9,11,15-16,18H,2-3,6-8,10H2,1H3. The van der Waals surface area contributed by atoms with E-state index in [2.05, 4.69) is 5.32 Å². The van der Waals surface area contributed by atoms with E-state index >= 15 is 0 Å². The lowest BCUT2D eigenvalue weighted by atomic mass is 9.98. The van der Waals surface area contributed by atoms with Gasteiger partial charge in [0.15, 0.2) is 0 Å². The molecule has 0 amide bonds. The number of aliphatic hydroxyl groups excluding tert-OH is 1. The van der Waals surface area contributed by atoms with E-state index in [1.165, 1.54) is 4.31 Å². The zero-order valence-corrected chi connectivity index (χ0v) is 13.1. The quantitative estimate of drug-likeness (QED) is 0.867. The third kappa shape index (κ3) is 2.80. The summed E-state index contributed by atoms with van der Waals surface area (Å²) in [5.41, 5.74) is 2.10. The monoisotopic (exact) mass is 310 g/mol. The summed E-state index contributed by atoms with van der Waals surface area (Å²) in [6.45, 7) is 3.57.